The van der Waals surface area contributed by atoms with Gasteiger partial charge >= 0.3 is 5.97 Å². The summed E-state index contributed by atoms with van der Waals surface area (Å²) in [5.74, 6) is 0.0632. The third-order valence-electron chi connectivity index (χ3n) is 6.25. The molecule has 196 valence electrons. The van der Waals surface area contributed by atoms with Crippen molar-refractivity contribution in [3.05, 3.63) is 90.0 Å². The van der Waals surface area contributed by atoms with Crippen molar-refractivity contribution in [1.29, 1.82) is 0 Å². The fourth-order valence-electron chi connectivity index (χ4n) is 4.05. The number of rotatable bonds is 16. The van der Waals surface area contributed by atoms with E-state index in [1.807, 2.05) is 49.5 Å². The van der Waals surface area contributed by atoms with E-state index >= 15 is 0 Å². The van der Waals surface area contributed by atoms with Gasteiger partial charge in [0.1, 0.15) is 12.4 Å². The highest BCUT2D eigenvalue weighted by Gasteiger charge is 2.06. The number of amides is 1. The second-order valence-electron chi connectivity index (χ2n) is 9.38. The molecule has 0 aliphatic rings. The number of unbranched alkanes of at least 4 members (excludes halogenated alkanes) is 3. The van der Waals surface area contributed by atoms with Gasteiger partial charge in [0.15, 0.2) is 0 Å². The zero-order chi connectivity index (χ0) is 26.3. The number of aliphatic carboxylic acids is 1. The number of nitrogens with zero attached hydrogens (tertiary/aromatic N) is 1. The van der Waals surface area contributed by atoms with Gasteiger partial charge in [-0.15, -0.1) is 0 Å². The number of carbonyl (C=O) groups excluding carboxylic acids is 1. The van der Waals surface area contributed by atoms with Crippen molar-refractivity contribution >= 4 is 11.9 Å². The lowest BCUT2D eigenvalue weighted by Crippen LogP contribution is -2.34. The molecule has 0 saturated heterocycles. The van der Waals surface area contributed by atoms with Crippen LogP contribution in [0.2, 0.25) is 0 Å². The Kier molecular flexibility index (Phi) is 11.7. The van der Waals surface area contributed by atoms with Gasteiger partial charge in [-0.1, -0.05) is 79.6 Å². The number of hydrogen-bond acceptors (Lipinski definition) is 4. The van der Waals surface area contributed by atoms with E-state index in [4.69, 9.17) is 9.84 Å². The summed E-state index contributed by atoms with van der Waals surface area (Å²) in [6, 6.07) is 26.4. The molecule has 1 amide bonds. The fraction of sp³-hybridized carbons (Fsp3) is 0.355. The van der Waals surface area contributed by atoms with E-state index < -0.39 is 5.97 Å². The first-order valence-corrected chi connectivity index (χ1v) is 13.0. The molecular weight excluding hydrogens is 464 g/mol. The zero-order valence-electron chi connectivity index (χ0n) is 21.7. The largest absolute Gasteiger partial charge is 0.489 e. The molecule has 0 aromatic heterocycles. The van der Waals surface area contributed by atoms with E-state index in [2.05, 4.69) is 46.6 Å². The van der Waals surface area contributed by atoms with Gasteiger partial charge < -0.3 is 20.1 Å². The van der Waals surface area contributed by atoms with Crippen LogP contribution in [0.1, 0.15) is 43.2 Å². The van der Waals surface area contributed by atoms with Gasteiger partial charge in [0.05, 0.1) is 6.42 Å². The number of nitrogens with one attached hydrogen (secondary N) is 1. The third kappa shape index (κ3) is 10.9. The van der Waals surface area contributed by atoms with E-state index in [-0.39, 0.29) is 12.3 Å². The van der Waals surface area contributed by atoms with Crippen molar-refractivity contribution in [3.63, 3.8) is 0 Å². The molecule has 6 nitrogen and oxygen atoms in total. The van der Waals surface area contributed by atoms with Crippen LogP contribution in [-0.2, 0) is 22.6 Å². The topological polar surface area (TPSA) is 78.9 Å². The highest BCUT2D eigenvalue weighted by atomic mass is 16.5. The first kappa shape index (κ1) is 27.9. The highest BCUT2D eigenvalue weighted by Crippen LogP contribution is 2.20. The van der Waals surface area contributed by atoms with Gasteiger partial charge in [-0.2, -0.15) is 0 Å². The van der Waals surface area contributed by atoms with Crippen molar-refractivity contribution in [2.45, 2.75) is 45.1 Å². The number of hydrogen-bond donors (Lipinski definition) is 2. The van der Waals surface area contributed by atoms with Crippen LogP contribution in [0.5, 0.6) is 5.75 Å². The van der Waals surface area contributed by atoms with Gasteiger partial charge in [0.2, 0.25) is 5.91 Å². The van der Waals surface area contributed by atoms with Crippen molar-refractivity contribution in [2.75, 3.05) is 26.7 Å². The van der Waals surface area contributed by atoms with Crippen molar-refractivity contribution in [3.8, 4) is 16.9 Å². The van der Waals surface area contributed by atoms with Gasteiger partial charge in [0.25, 0.3) is 0 Å². The summed E-state index contributed by atoms with van der Waals surface area (Å²) >= 11 is 0. The molecule has 0 aliphatic heterocycles. The molecule has 3 aromatic carbocycles. The van der Waals surface area contributed by atoms with E-state index in [0.29, 0.717) is 19.6 Å². The maximum absolute atomic E-state index is 12.3. The molecule has 3 rings (SSSR count). The summed E-state index contributed by atoms with van der Waals surface area (Å²) in [7, 11) is 2.04. The lowest BCUT2D eigenvalue weighted by Gasteiger charge is -2.16. The second-order valence-corrected chi connectivity index (χ2v) is 9.38. The average Bonchev–Trinajstić information content (AvgIpc) is 2.91. The molecule has 0 bridgehead atoms. The van der Waals surface area contributed by atoms with Crippen molar-refractivity contribution in [1.82, 2.24) is 10.2 Å². The maximum atomic E-state index is 12.3. The van der Waals surface area contributed by atoms with Crippen LogP contribution < -0.4 is 10.1 Å². The smallest absolute Gasteiger partial charge is 0.303 e. The molecule has 0 unspecified atom stereocenters. The minimum Gasteiger partial charge on any atom is -0.489 e. The van der Waals surface area contributed by atoms with E-state index in [1.165, 1.54) is 11.1 Å². The minimum atomic E-state index is -0.724. The van der Waals surface area contributed by atoms with E-state index in [1.54, 1.807) is 0 Å². The number of carboxylic acid groups (broad SMARTS) is 1. The second kappa shape index (κ2) is 15.5. The minimum absolute atomic E-state index is 0.00856. The SMILES string of the molecule is CN(CCCCCCC(=O)O)CCNC(=O)Cc1ccc(OCc2ccc(-c3ccccc3)cc2)cc1. The Morgan fingerprint density at radius 3 is 2.14 bits per heavy atom. The Labute approximate surface area is 220 Å². The van der Waals surface area contributed by atoms with E-state index in [9.17, 15) is 9.59 Å². The number of benzene rings is 3. The van der Waals surface area contributed by atoms with Crippen molar-refractivity contribution < 1.29 is 19.4 Å². The first-order chi connectivity index (χ1) is 18.0. The molecule has 0 spiro atoms. The molecule has 3 aromatic rings. The summed E-state index contributed by atoms with van der Waals surface area (Å²) in [6.45, 7) is 2.84. The summed E-state index contributed by atoms with van der Waals surface area (Å²) in [6.07, 6.45) is 4.35. The van der Waals surface area contributed by atoms with Gasteiger partial charge in [-0.3, -0.25) is 9.59 Å². The first-order valence-electron chi connectivity index (χ1n) is 13.0. The Bertz CT molecular complexity index is 1080. The van der Waals surface area contributed by atoms with Gasteiger partial charge in [-0.05, 0) is 60.8 Å². The van der Waals surface area contributed by atoms with Crippen LogP contribution in [0, 0.1) is 0 Å². The standard InChI is InChI=1S/C31H38N2O4/c1-33(21-8-3-2-7-11-31(35)36)22-20-32-30(34)23-25-14-18-29(19-15-25)37-24-26-12-16-28(17-13-26)27-9-5-4-6-10-27/h4-6,9-10,12-19H,2-3,7-8,11,20-24H2,1H3,(H,32,34)(H,35,36). The van der Waals surface area contributed by atoms with Crippen molar-refractivity contribution in [2.24, 2.45) is 0 Å². The number of carboxylic acids is 1. The third-order valence-corrected chi connectivity index (χ3v) is 6.25. The average molecular weight is 503 g/mol. The molecule has 37 heavy (non-hydrogen) atoms. The molecule has 0 fully saturated rings. The molecule has 2 N–H and O–H groups in total. The summed E-state index contributed by atoms with van der Waals surface area (Å²) < 4.78 is 5.92. The molecule has 0 saturated carbocycles. The van der Waals surface area contributed by atoms with Gasteiger partial charge in [0, 0.05) is 19.5 Å². The molecule has 6 heteroatoms. The van der Waals surface area contributed by atoms with Crippen LogP contribution in [0.15, 0.2) is 78.9 Å². The lowest BCUT2D eigenvalue weighted by atomic mass is 10.0. The molecule has 0 aliphatic carbocycles. The summed E-state index contributed by atoms with van der Waals surface area (Å²) in [5, 5.41) is 11.6. The van der Waals surface area contributed by atoms with Crippen LogP contribution >= 0.6 is 0 Å². The van der Waals surface area contributed by atoms with Gasteiger partial charge in [-0.25, -0.2) is 0 Å². The molecular formula is C31H38N2O4. The van der Waals surface area contributed by atoms with Crippen LogP contribution in [0.3, 0.4) is 0 Å². The zero-order valence-corrected chi connectivity index (χ0v) is 21.7. The highest BCUT2D eigenvalue weighted by molar-refractivity contribution is 5.78. The van der Waals surface area contributed by atoms with Crippen LogP contribution in [-0.4, -0.2) is 48.6 Å². The Morgan fingerprint density at radius 1 is 0.784 bits per heavy atom. The predicted molar refractivity (Wildman–Crippen MR) is 148 cm³/mol. The Balaban J connectivity index is 1.30. The number of likely N-dealkylation sites (N-methyl/N-ethyl adjacent to an activating group) is 1. The summed E-state index contributed by atoms with van der Waals surface area (Å²) in [4.78, 5) is 25.0. The normalized spacial score (nSPS) is 10.9. The van der Waals surface area contributed by atoms with Crippen LogP contribution in [0.25, 0.3) is 11.1 Å². The Morgan fingerprint density at radius 2 is 1.43 bits per heavy atom. The monoisotopic (exact) mass is 502 g/mol. The van der Waals surface area contributed by atoms with Crippen LogP contribution in [0.4, 0.5) is 0 Å². The molecule has 0 heterocycles. The molecule has 0 radical (unpaired) electrons. The number of carbonyl (C=O) groups is 2. The lowest BCUT2D eigenvalue weighted by molar-refractivity contribution is -0.137. The number of ether oxygens (including phenoxy) is 1. The maximum Gasteiger partial charge on any atom is 0.303 e. The summed E-state index contributed by atoms with van der Waals surface area (Å²) in [5.41, 5.74) is 4.44. The predicted octanol–water partition coefficient (Wildman–Crippen LogP) is 5.56. The molecule has 0 atom stereocenters. The van der Waals surface area contributed by atoms with E-state index in [0.717, 1.165) is 55.6 Å². The fourth-order valence-corrected chi connectivity index (χ4v) is 4.05. The Hall–Kier alpha value is -3.64. The quantitative estimate of drug-likeness (QED) is 0.251.